The van der Waals surface area contributed by atoms with E-state index in [-0.39, 0.29) is 0 Å². The lowest BCUT2D eigenvalue weighted by atomic mass is 9.83. The first-order valence-electron chi connectivity index (χ1n) is 12.0. The third-order valence-corrected chi connectivity index (χ3v) is 7.16. The van der Waals surface area contributed by atoms with Crippen molar-refractivity contribution in [2.45, 2.75) is 79.1 Å². The van der Waals surface area contributed by atoms with E-state index in [0.717, 1.165) is 5.92 Å². The van der Waals surface area contributed by atoms with Crippen molar-refractivity contribution in [1.82, 2.24) is 4.90 Å². The van der Waals surface area contributed by atoms with E-state index >= 15 is 0 Å². The van der Waals surface area contributed by atoms with Gasteiger partial charge in [0.1, 0.15) is 0 Å². The van der Waals surface area contributed by atoms with E-state index in [9.17, 15) is 0 Å². The highest BCUT2D eigenvalue weighted by Crippen LogP contribution is 2.33. The molecule has 1 nitrogen and oxygen atoms in total. The molecule has 0 aromatic heterocycles. The van der Waals surface area contributed by atoms with E-state index in [4.69, 9.17) is 0 Å². The topological polar surface area (TPSA) is 3.24 Å². The van der Waals surface area contributed by atoms with Crippen molar-refractivity contribution in [1.29, 1.82) is 0 Å². The van der Waals surface area contributed by atoms with Gasteiger partial charge in [-0.05, 0) is 112 Å². The summed E-state index contributed by atoms with van der Waals surface area (Å²) < 4.78 is 0. The summed E-state index contributed by atoms with van der Waals surface area (Å²) in [6.45, 7) is 17.3. The van der Waals surface area contributed by atoms with Gasteiger partial charge in [0.25, 0.3) is 0 Å². The summed E-state index contributed by atoms with van der Waals surface area (Å²) in [6.07, 6.45) is 12.8. The number of likely N-dealkylation sites (tertiary alicyclic amines) is 1. The number of allylic oxidation sites excluding steroid dienone is 3. The Kier molecular flexibility index (Phi) is 7.79. The predicted octanol–water partition coefficient (Wildman–Crippen LogP) is 7.53. The fraction of sp³-hybridized carbons (Fsp3) is 0.643. The number of benzene rings is 1. The van der Waals surface area contributed by atoms with Gasteiger partial charge in [0.05, 0.1) is 0 Å². The van der Waals surface area contributed by atoms with Crippen LogP contribution in [0.1, 0.15) is 83.8 Å². The van der Waals surface area contributed by atoms with Gasteiger partial charge >= 0.3 is 0 Å². The molecule has 1 aliphatic heterocycles. The zero-order chi connectivity index (χ0) is 20.9. The molecule has 0 saturated carbocycles. The lowest BCUT2D eigenvalue weighted by Gasteiger charge is -2.33. The smallest absolute Gasteiger partial charge is 0.00137 e. The number of aryl methyl sites for hydroxylation is 1. The van der Waals surface area contributed by atoms with E-state index < -0.39 is 0 Å². The third-order valence-electron chi connectivity index (χ3n) is 7.16. The summed E-state index contributed by atoms with van der Waals surface area (Å²) in [5.74, 6) is 1.61. The van der Waals surface area contributed by atoms with Crippen LogP contribution in [-0.2, 0) is 6.42 Å². The van der Waals surface area contributed by atoms with Gasteiger partial charge in [0.15, 0.2) is 0 Å². The zero-order valence-corrected chi connectivity index (χ0v) is 19.5. The first-order chi connectivity index (χ1) is 13.8. The SMILES string of the molecule is C=C(C)C1CC=C(c2ccc(CCC3CCN(CCC(C)(C)C)CC3)cc2)CC1. The Morgan fingerprint density at radius 1 is 1.07 bits per heavy atom. The minimum atomic E-state index is 0.461. The summed E-state index contributed by atoms with van der Waals surface area (Å²) in [7, 11) is 0. The molecule has 1 atom stereocenters. The minimum Gasteiger partial charge on any atom is -0.303 e. The monoisotopic (exact) mass is 393 g/mol. The third kappa shape index (κ3) is 7.14. The highest BCUT2D eigenvalue weighted by Gasteiger charge is 2.21. The van der Waals surface area contributed by atoms with Crippen LogP contribution in [-0.4, -0.2) is 24.5 Å². The molecule has 1 aliphatic carbocycles. The van der Waals surface area contributed by atoms with Crippen molar-refractivity contribution in [3.05, 3.63) is 53.6 Å². The highest BCUT2D eigenvalue weighted by atomic mass is 15.1. The molecule has 0 radical (unpaired) electrons. The average molecular weight is 394 g/mol. The van der Waals surface area contributed by atoms with Crippen molar-refractivity contribution in [2.24, 2.45) is 17.3 Å². The molecule has 1 heterocycles. The maximum atomic E-state index is 4.14. The van der Waals surface area contributed by atoms with Crippen LogP contribution in [0.25, 0.3) is 5.57 Å². The van der Waals surface area contributed by atoms with Crippen molar-refractivity contribution < 1.29 is 0 Å². The average Bonchev–Trinajstić information content (AvgIpc) is 2.71. The van der Waals surface area contributed by atoms with E-state index in [1.165, 1.54) is 93.3 Å². The van der Waals surface area contributed by atoms with Gasteiger partial charge in [0, 0.05) is 0 Å². The van der Waals surface area contributed by atoms with Crippen LogP contribution in [0.4, 0.5) is 0 Å². The van der Waals surface area contributed by atoms with Crippen molar-refractivity contribution in [2.75, 3.05) is 19.6 Å². The fourth-order valence-corrected chi connectivity index (χ4v) is 4.79. The molecule has 1 fully saturated rings. The molecule has 160 valence electrons. The lowest BCUT2D eigenvalue weighted by molar-refractivity contribution is 0.159. The van der Waals surface area contributed by atoms with Gasteiger partial charge in [-0.15, -0.1) is 0 Å². The Morgan fingerprint density at radius 3 is 2.31 bits per heavy atom. The van der Waals surface area contributed by atoms with E-state index in [0.29, 0.717) is 11.3 Å². The Labute approximate surface area is 180 Å². The van der Waals surface area contributed by atoms with Crippen LogP contribution in [0, 0.1) is 17.3 Å². The van der Waals surface area contributed by atoms with Gasteiger partial charge in [-0.1, -0.05) is 63.3 Å². The van der Waals surface area contributed by atoms with Crippen LogP contribution >= 0.6 is 0 Å². The summed E-state index contributed by atoms with van der Waals surface area (Å²) >= 11 is 0. The molecule has 1 unspecified atom stereocenters. The van der Waals surface area contributed by atoms with Gasteiger partial charge in [-0.25, -0.2) is 0 Å². The Bertz CT molecular complexity index is 680. The minimum absolute atomic E-state index is 0.461. The second kappa shape index (κ2) is 10.1. The molecule has 1 heteroatoms. The standard InChI is InChI=1S/C28H43N/c1-22(2)25-12-14-27(15-13-25)26-10-8-23(9-11-26)6-7-24-16-19-29(20-17-24)21-18-28(3,4)5/h8-11,14,24-25H,1,6-7,12-13,15-21H2,2-5H3. The summed E-state index contributed by atoms with van der Waals surface area (Å²) in [5.41, 5.74) is 6.29. The molecular weight excluding hydrogens is 350 g/mol. The number of nitrogens with zero attached hydrogens (tertiary/aromatic N) is 1. The molecule has 0 spiro atoms. The summed E-state index contributed by atoms with van der Waals surface area (Å²) in [4.78, 5) is 2.69. The molecule has 1 aromatic rings. The molecular formula is C28H43N. The second-order valence-corrected chi connectivity index (χ2v) is 10.9. The molecule has 3 rings (SSSR count). The van der Waals surface area contributed by atoms with Crippen LogP contribution in [0.3, 0.4) is 0 Å². The zero-order valence-electron chi connectivity index (χ0n) is 19.5. The van der Waals surface area contributed by atoms with Gasteiger partial charge in [0.2, 0.25) is 0 Å². The Hall–Kier alpha value is -1.34. The molecule has 1 aromatic carbocycles. The first kappa shape index (κ1) is 22.3. The second-order valence-electron chi connectivity index (χ2n) is 10.9. The van der Waals surface area contributed by atoms with Crippen LogP contribution < -0.4 is 0 Å². The Morgan fingerprint density at radius 2 is 1.76 bits per heavy atom. The largest absolute Gasteiger partial charge is 0.303 e. The molecule has 0 N–H and O–H groups in total. The number of rotatable bonds is 7. The number of piperidine rings is 1. The Balaban J connectivity index is 1.40. The normalized spacial score (nSPS) is 21.8. The van der Waals surface area contributed by atoms with E-state index in [2.05, 4.69) is 69.5 Å². The van der Waals surface area contributed by atoms with Crippen LogP contribution in [0.15, 0.2) is 42.5 Å². The summed E-state index contributed by atoms with van der Waals surface area (Å²) in [6, 6.07) is 9.47. The molecule has 1 saturated heterocycles. The molecule has 2 aliphatic rings. The predicted molar refractivity (Wildman–Crippen MR) is 128 cm³/mol. The maximum absolute atomic E-state index is 4.14. The fourth-order valence-electron chi connectivity index (χ4n) is 4.79. The van der Waals surface area contributed by atoms with E-state index in [1.54, 1.807) is 0 Å². The molecule has 29 heavy (non-hydrogen) atoms. The van der Waals surface area contributed by atoms with Gasteiger partial charge < -0.3 is 4.90 Å². The lowest BCUT2D eigenvalue weighted by Crippen LogP contribution is -2.35. The van der Waals surface area contributed by atoms with Crippen molar-refractivity contribution in [3.63, 3.8) is 0 Å². The van der Waals surface area contributed by atoms with E-state index in [1.807, 2.05) is 0 Å². The van der Waals surface area contributed by atoms with Gasteiger partial charge in [-0.3, -0.25) is 0 Å². The number of hydrogen-bond donors (Lipinski definition) is 0. The number of hydrogen-bond acceptors (Lipinski definition) is 1. The van der Waals surface area contributed by atoms with Crippen LogP contribution in [0.2, 0.25) is 0 Å². The quantitative estimate of drug-likeness (QED) is 0.433. The molecule has 0 amide bonds. The van der Waals surface area contributed by atoms with Crippen molar-refractivity contribution in [3.8, 4) is 0 Å². The maximum Gasteiger partial charge on any atom is -0.00137 e. The van der Waals surface area contributed by atoms with Crippen molar-refractivity contribution >= 4 is 5.57 Å². The van der Waals surface area contributed by atoms with Gasteiger partial charge in [-0.2, -0.15) is 0 Å². The highest BCUT2D eigenvalue weighted by molar-refractivity contribution is 5.66. The first-order valence-corrected chi connectivity index (χ1v) is 12.0. The molecule has 0 bridgehead atoms. The summed E-state index contributed by atoms with van der Waals surface area (Å²) in [5, 5.41) is 0. The van der Waals surface area contributed by atoms with Crippen LogP contribution in [0.5, 0.6) is 0 Å².